The van der Waals surface area contributed by atoms with Crippen LogP contribution < -0.4 is 10.6 Å². The molecule has 0 aromatic heterocycles. The van der Waals surface area contributed by atoms with Crippen molar-refractivity contribution in [3.63, 3.8) is 0 Å². The summed E-state index contributed by atoms with van der Waals surface area (Å²) in [7, 11) is 0. The summed E-state index contributed by atoms with van der Waals surface area (Å²) >= 11 is 0. The molecule has 4 aliphatic rings. The number of carbonyl (C=O) groups excluding carboxylic acids is 3. The number of hydrogen-bond donors (Lipinski definition) is 2. The van der Waals surface area contributed by atoms with E-state index in [2.05, 4.69) is 29.7 Å². The zero-order chi connectivity index (χ0) is 22.9. The monoisotopic (exact) mass is 451 g/mol. The van der Waals surface area contributed by atoms with Gasteiger partial charge in [0.15, 0.2) is 0 Å². The first-order chi connectivity index (χ1) is 16.0. The molecular weight excluding hydrogens is 414 g/mol. The van der Waals surface area contributed by atoms with Gasteiger partial charge in [-0.1, -0.05) is 37.8 Å². The number of hydrogen-bond acceptors (Lipinski definition) is 4. The molecule has 3 amide bonds. The maximum Gasteiger partial charge on any atom is 0.255 e. The Labute approximate surface area is 196 Å². The number of nitrogens with zero attached hydrogens (tertiary/aromatic N) is 1. The molecule has 33 heavy (non-hydrogen) atoms. The summed E-state index contributed by atoms with van der Waals surface area (Å²) < 4.78 is 0. The topological polar surface area (TPSA) is 78.5 Å². The summed E-state index contributed by atoms with van der Waals surface area (Å²) in [6.45, 7) is 2.84. The van der Waals surface area contributed by atoms with Crippen molar-refractivity contribution in [2.75, 3.05) is 0 Å². The third-order valence-corrected chi connectivity index (χ3v) is 8.58. The van der Waals surface area contributed by atoms with Crippen molar-refractivity contribution in [1.29, 1.82) is 0 Å². The number of fused-ring (bicyclic) bond motifs is 1. The molecule has 1 aromatic carbocycles. The number of benzene rings is 1. The molecule has 1 unspecified atom stereocenters. The molecule has 2 saturated carbocycles. The van der Waals surface area contributed by atoms with Gasteiger partial charge in [0.25, 0.3) is 5.91 Å². The molecule has 2 N–H and O–H groups in total. The second-order valence-corrected chi connectivity index (χ2v) is 10.7. The van der Waals surface area contributed by atoms with Crippen LogP contribution in [-0.4, -0.2) is 40.7 Å². The fourth-order valence-electron chi connectivity index (χ4n) is 6.66. The summed E-state index contributed by atoms with van der Waals surface area (Å²) in [5, 5.41) is 6.40. The number of rotatable bonds is 6. The minimum Gasteiger partial charge on any atom is -0.322 e. The quantitative estimate of drug-likeness (QED) is 0.646. The summed E-state index contributed by atoms with van der Waals surface area (Å²) in [4.78, 5) is 38.4. The molecule has 2 heterocycles. The molecular formula is C27H37N3O3. The van der Waals surface area contributed by atoms with Crippen LogP contribution in [0, 0.1) is 11.8 Å². The summed E-state index contributed by atoms with van der Waals surface area (Å²) in [5.41, 5.74) is 3.01. The second kappa shape index (κ2) is 9.57. The van der Waals surface area contributed by atoms with Gasteiger partial charge in [-0.2, -0.15) is 0 Å². The Morgan fingerprint density at radius 1 is 1.03 bits per heavy atom. The van der Waals surface area contributed by atoms with Gasteiger partial charge < -0.3 is 10.2 Å². The van der Waals surface area contributed by atoms with Crippen LogP contribution >= 0.6 is 0 Å². The fourth-order valence-corrected chi connectivity index (χ4v) is 6.66. The summed E-state index contributed by atoms with van der Waals surface area (Å²) in [5.74, 6) is 0.773. The van der Waals surface area contributed by atoms with Crippen LogP contribution in [0.2, 0.25) is 0 Å². The van der Waals surface area contributed by atoms with Gasteiger partial charge in [-0.25, -0.2) is 0 Å². The van der Waals surface area contributed by atoms with Gasteiger partial charge in [-0.05, 0) is 74.5 Å². The minimum absolute atomic E-state index is 0.0892. The van der Waals surface area contributed by atoms with Crippen molar-refractivity contribution < 1.29 is 14.4 Å². The van der Waals surface area contributed by atoms with Crippen LogP contribution in [0.1, 0.15) is 92.6 Å². The molecule has 2 aliphatic carbocycles. The molecule has 5 rings (SSSR count). The molecule has 6 nitrogen and oxygen atoms in total. The van der Waals surface area contributed by atoms with Crippen LogP contribution in [0.15, 0.2) is 18.2 Å². The summed E-state index contributed by atoms with van der Waals surface area (Å²) in [6, 6.07) is 6.87. The first kappa shape index (κ1) is 22.6. The Bertz CT molecular complexity index is 923. The molecule has 0 bridgehead atoms. The standard InChI is InChI=1S/C27H37N3O3/c1-17(19-6-2-3-7-19)28-23-9-5-4-8-20(23)14-18-10-11-22-21(15-18)16-30(27(22)33)24-12-13-25(31)29-26(24)32/h10-11,15,17,19-20,23-24,28H,2-9,12-14,16H2,1H3,(H,29,31,32)/t17-,20-,23+,24?/m1/s1. The Morgan fingerprint density at radius 3 is 2.58 bits per heavy atom. The van der Waals surface area contributed by atoms with E-state index in [1.54, 1.807) is 4.90 Å². The Hall–Kier alpha value is -2.21. The normalized spacial score (nSPS) is 29.3. The van der Waals surface area contributed by atoms with E-state index in [4.69, 9.17) is 0 Å². The average molecular weight is 452 g/mol. The molecule has 4 atom stereocenters. The molecule has 1 aromatic rings. The van der Waals surface area contributed by atoms with Gasteiger partial charge in [-0.15, -0.1) is 0 Å². The number of carbonyl (C=O) groups is 3. The van der Waals surface area contributed by atoms with Crippen LogP contribution in [-0.2, 0) is 22.6 Å². The Morgan fingerprint density at radius 2 is 1.79 bits per heavy atom. The first-order valence-corrected chi connectivity index (χ1v) is 13.0. The van der Waals surface area contributed by atoms with Crippen molar-refractivity contribution in [2.45, 2.75) is 102 Å². The maximum atomic E-state index is 13.0. The van der Waals surface area contributed by atoms with Gasteiger partial charge in [0.2, 0.25) is 11.8 Å². The van der Waals surface area contributed by atoms with Gasteiger partial charge >= 0.3 is 0 Å². The third-order valence-electron chi connectivity index (χ3n) is 8.58. The van der Waals surface area contributed by atoms with E-state index in [9.17, 15) is 14.4 Å². The fraction of sp³-hybridized carbons (Fsp3) is 0.667. The first-order valence-electron chi connectivity index (χ1n) is 13.0. The predicted octanol–water partition coefficient (Wildman–Crippen LogP) is 3.72. The van der Waals surface area contributed by atoms with Gasteiger partial charge in [0.1, 0.15) is 6.04 Å². The lowest BCUT2D eigenvalue weighted by molar-refractivity contribution is -0.136. The van der Waals surface area contributed by atoms with E-state index in [1.165, 1.54) is 56.9 Å². The lowest BCUT2D eigenvalue weighted by Crippen LogP contribution is -2.52. The van der Waals surface area contributed by atoms with Crippen molar-refractivity contribution in [2.24, 2.45) is 11.8 Å². The van der Waals surface area contributed by atoms with Crippen LogP contribution in [0.5, 0.6) is 0 Å². The summed E-state index contributed by atoms with van der Waals surface area (Å²) in [6.07, 6.45) is 12.4. The van der Waals surface area contributed by atoms with Crippen LogP contribution in [0.3, 0.4) is 0 Å². The molecule has 6 heteroatoms. The molecule has 2 aliphatic heterocycles. The van der Waals surface area contributed by atoms with E-state index < -0.39 is 6.04 Å². The minimum atomic E-state index is -0.546. The van der Waals surface area contributed by atoms with E-state index in [1.807, 2.05) is 6.07 Å². The lowest BCUT2D eigenvalue weighted by Gasteiger charge is -2.36. The van der Waals surface area contributed by atoms with Crippen molar-refractivity contribution in [3.05, 3.63) is 34.9 Å². The van der Waals surface area contributed by atoms with Crippen molar-refractivity contribution >= 4 is 17.7 Å². The Balaban J connectivity index is 1.25. The molecule has 1 saturated heterocycles. The van der Waals surface area contributed by atoms with Crippen molar-refractivity contribution in [1.82, 2.24) is 15.5 Å². The second-order valence-electron chi connectivity index (χ2n) is 10.7. The highest BCUT2D eigenvalue weighted by Gasteiger charge is 2.39. The molecule has 178 valence electrons. The maximum absolute atomic E-state index is 13.0. The smallest absolute Gasteiger partial charge is 0.255 e. The number of imide groups is 1. The highest BCUT2D eigenvalue weighted by molar-refractivity contribution is 6.05. The highest BCUT2D eigenvalue weighted by atomic mass is 16.2. The van der Waals surface area contributed by atoms with Crippen LogP contribution in [0.4, 0.5) is 0 Å². The van der Waals surface area contributed by atoms with E-state index in [0.717, 1.165) is 17.9 Å². The van der Waals surface area contributed by atoms with E-state index in [0.29, 0.717) is 36.5 Å². The highest BCUT2D eigenvalue weighted by Crippen LogP contribution is 2.33. The zero-order valence-electron chi connectivity index (χ0n) is 19.8. The number of amides is 3. The van der Waals surface area contributed by atoms with Crippen LogP contribution in [0.25, 0.3) is 0 Å². The SMILES string of the molecule is C[C@@H](N[C@H]1CCCC[C@@H]1Cc1ccc2c(c1)CN(C1CCC(=O)NC1=O)C2=O)C1CCCC1. The van der Waals surface area contributed by atoms with Gasteiger partial charge in [0, 0.05) is 30.6 Å². The molecule has 0 radical (unpaired) electrons. The number of piperidine rings is 1. The molecule has 3 fully saturated rings. The third kappa shape index (κ3) is 4.72. The van der Waals surface area contributed by atoms with Crippen molar-refractivity contribution in [3.8, 4) is 0 Å². The molecule has 0 spiro atoms. The number of nitrogens with one attached hydrogen (secondary N) is 2. The Kier molecular flexibility index (Phi) is 6.55. The lowest BCUT2D eigenvalue weighted by atomic mass is 9.79. The predicted molar refractivity (Wildman–Crippen MR) is 126 cm³/mol. The van der Waals surface area contributed by atoms with E-state index in [-0.39, 0.29) is 24.1 Å². The van der Waals surface area contributed by atoms with Gasteiger partial charge in [0.05, 0.1) is 0 Å². The average Bonchev–Trinajstić information content (AvgIpc) is 3.44. The zero-order valence-corrected chi connectivity index (χ0v) is 19.8. The largest absolute Gasteiger partial charge is 0.322 e. The van der Waals surface area contributed by atoms with Gasteiger partial charge in [-0.3, -0.25) is 19.7 Å². The van der Waals surface area contributed by atoms with E-state index >= 15 is 0 Å².